The van der Waals surface area contributed by atoms with Crippen LogP contribution in [0.15, 0.2) is 6.07 Å². The predicted octanol–water partition coefficient (Wildman–Crippen LogP) is 5.23. The summed E-state index contributed by atoms with van der Waals surface area (Å²) in [5.74, 6) is 0.840. The number of thiophene rings is 1. The van der Waals surface area contributed by atoms with E-state index < -0.39 is 0 Å². The molecule has 2 atom stereocenters. The lowest BCUT2D eigenvalue weighted by molar-refractivity contribution is 0.398. The van der Waals surface area contributed by atoms with Crippen LogP contribution in [0.1, 0.15) is 67.8 Å². The fourth-order valence-electron chi connectivity index (χ4n) is 2.48. The number of aryl methyl sites for hydroxylation is 2. The van der Waals surface area contributed by atoms with Crippen LogP contribution in [-0.4, -0.2) is 6.54 Å². The number of rotatable bonds is 8. The second-order valence-electron chi connectivity index (χ2n) is 5.42. The van der Waals surface area contributed by atoms with Crippen LogP contribution in [0.2, 0.25) is 0 Å². The minimum Gasteiger partial charge on any atom is -0.310 e. The molecule has 2 heteroatoms. The summed E-state index contributed by atoms with van der Waals surface area (Å²) in [4.78, 5) is 2.89. The van der Waals surface area contributed by atoms with E-state index in [1.165, 1.54) is 41.0 Å². The Balaban J connectivity index is 2.44. The van der Waals surface area contributed by atoms with Crippen LogP contribution in [0, 0.1) is 19.8 Å². The maximum atomic E-state index is 3.72. The summed E-state index contributed by atoms with van der Waals surface area (Å²) in [6, 6.07) is 2.83. The molecule has 0 radical (unpaired) electrons. The molecule has 0 bridgehead atoms. The summed E-state index contributed by atoms with van der Waals surface area (Å²) < 4.78 is 0. The summed E-state index contributed by atoms with van der Waals surface area (Å²) >= 11 is 1.91. The van der Waals surface area contributed by atoms with Gasteiger partial charge in [-0.3, -0.25) is 0 Å². The van der Waals surface area contributed by atoms with Gasteiger partial charge >= 0.3 is 0 Å². The lowest BCUT2D eigenvalue weighted by Crippen LogP contribution is -2.25. The zero-order valence-corrected chi connectivity index (χ0v) is 13.5. The molecule has 0 aliphatic rings. The number of unbranched alkanes of at least 4 members (excludes halogenated alkanes) is 1. The maximum Gasteiger partial charge on any atom is 0.0302 e. The van der Waals surface area contributed by atoms with E-state index in [9.17, 15) is 0 Å². The van der Waals surface area contributed by atoms with Crippen molar-refractivity contribution in [1.29, 1.82) is 0 Å². The monoisotopic (exact) mass is 267 g/mol. The quantitative estimate of drug-likeness (QED) is 0.680. The third-order valence-corrected chi connectivity index (χ3v) is 4.78. The van der Waals surface area contributed by atoms with E-state index in [1.54, 1.807) is 0 Å². The van der Waals surface area contributed by atoms with Gasteiger partial charge < -0.3 is 5.32 Å². The van der Waals surface area contributed by atoms with Gasteiger partial charge in [-0.05, 0) is 51.3 Å². The van der Waals surface area contributed by atoms with Crippen molar-refractivity contribution in [1.82, 2.24) is 5.32 Å². The van der Waals surface area contributed by atoms with Crippen molar-refractivity contribution in [3.8, 4) is 0 Å². The van der Waals surface area contributed by atoms with Gasteiger partial charge in [-0.2, -0.15) is 0 Å². The van der Waals surface area contributed by atoms with Crippen LogP contribution in [-0.2, 0) is 0 Å². The van der Waals surface area contributed by atoms with E-state index in [1.807, 2.05) is 11.3 Å². The predicted molar refractivity (Wildman–Crippen MR) is 83.5 cm³/mol. The van der Waals surface area contributed by atoms with Crippen LogP contribution < -0.4 is 5.32 Å². The van der Waals surface area contributed by atoms with Gasteiger partial charge in [0.2, 0.25) is 0 Å². The number of hydrogen-bond acceptors (Lipinski definition) is 2. The average Bonchev–Trinajstić information content (AvgIpc) is 2.68. The van der Waals surface area contributed by atoms with E-state index in [0.717, 1.165) is 12.5 Å². The van der Waals surface area contributed by atoms with E-state index >= 15 is 0 Å². The molecule has 0 aromatic carbocycles. The molecule has 1 N–H and O–H groups in total. The molecule has 0 aliphatic heterocycles. The summed E-state index contributed by atoms with van der Waals surface area (Å²) in [5.41, 5.74) is 1.49. The van der Waals surface area contributed by atoms with Crippen molar-refractivity contribution in [3.05, 3.63) is 21.4 Å². The molecule has 104 valence electrons. The largest absolute Gasteiger partial charge is 0.310 e. The molecular weight excluding hydrogens is 238 g/mol. The second kappa shape index (κ2) is 7.96. The van der Waals surface area contributed by atoms with Gasteiger partial charge in [0.05, 0.1) is 0 Å². The van der Waals surface area contributed by atoms with Gasteiger partial charge in [0.1, 0.15) is 0 Å². The first-order chi connectivity index (χ1) is 8.58. The molecule has 1 heterocycles. The zero-order valence-electron chi connectivity index (χ0n) is 12.7. The summed E-state index contributed by atoms with van der Waals surface area (Å²) in [7, 11) is 0. The molecule has 0 fully saturated rings. The van der Waals surface area contributed by atoms with Crippen molar-refractivity contribution in [2.45, 2.75) is 66.3 Å². The lowest BCUT2D eigenvalue weighted by atomic mass is 9.98. The highest BCUT2D eigenvalue weighted by atomic mass is 32.1. The van der Waals surface area contributed by atoms with Crippen LogP contribution in [0.5, 0.6) is 0 Å². The Bertz CT molecular complexity index is 343. The standard InChI is InChI=1S/C16H29NS/c1-6-8-9-15(7-2)11-17-13(4)16-10-12(3)18-14(16)5/h10,13,15,17H,6-9,11H2,1-5H3. The SMILES string of the molecule is CCCCC(CC)CNC(C)c1cc(C)sc1C. The van der Waals surface area contributed by atoms with Gasteiger partial charge in [0, 0.05) is 15.8 Å². The van der Waals surface area contributed by atoms with Gasteiger partial charge in [-0.15, -0.1) is 11.3 Å². The Hall–Kier alpha value is -0.340. The topological polar surface area (TPSA) is 12.0 Å². The smallest absolute Gasteiger partial charge is 0.0302 e. The van der Waals surface area contributed by atoms with Crippen molar-refractivity contribution < 1.29 is 0 Å². The molecule has 0 spiro atoms. The van der Waals surface area contributed by atoms with Gasteiger partial charge in [-0.1, -0.05) is 33.1 Å². The minimum atomic E-state index is 0.491. The maximum absolute atomic E-state index is 3.72. The first-order valence-corrected chi connectivity index (χ1v) is 8.20. The first kappa shape index (κ1) is 15.7. The normalized spacial score (nSPS) is 14.7. The van der Waals surface area contributed by atoms with Gasteiger partial charge in [-0.25, -0.2) is 0 Å². The Morgan fingerprint density at radius 2 is 2.00 bits per heavy atom. The van der Waals surface area contributed by atoms with Crippen molar-refractivity contribution in [3.63, 3.8) is 0 Å². The third kappa shape index (κ3) is 4.74. The highest BCUT2D eigenvalue weighted by Gasteiger charge is 2.13. The van der Waals surface area contributed by atoms with E-state index in [0.29, 0.717) is 6.04 Å². The molecule has 1 aromatic heterocycles. The minimum absolute atomic E-state index is 0.491. The van der Waals surface area contributed by atoms with E-state index in [-0.39, 0.29) is 0 Å². The Labute approximate surface area is 117 Å². The van der Waals surface area contributed by atoms with Crippen LogP contribution in [0.3, 0.4) is 0 Å². The Kier molecular flexibility index (Phi) is 6.95. The lowest BCUT2D eigenvalue weighted by Gasteiger charge is -2.19. The summed E-state index contributed by atoms with van der Waals surface area (Å²) in [6.07, 6.45) is 5.34. The fraction of sp³-hybridized carbons (Fsp3) is 0.750. The van der Waals surface area contributed by atoms with E-state index in [4.69, 9.17) is 0 Å². The van der Waals surface area contributed by atoms with Gasteiger partial charge in [0.15, 0.2) is 0 Å². The molecule has 0 aliphatic carbocycles. The van der Waals surface area contributed by atoms with Gasteiger partial charge in [0.25, 0.3) is 0 Å². The zero-order chi connectivity index (χ0) is 13.5. The molecular formula is C16H29NS. The third-order valence-electron chi connectivity index (χ3n) is 3.80. The molecule has 1 aromatic rings. The van der Waals surface area contributed by atoms with E-state index in [2.05, 4.69) is 46.0 Å². The Morgan fingerprint density at radius 3 is 2.50 bits per heavy atom. The molecule has 2 unspecified atom stereocenters. The van der Waals surface area contributed by atoms with Crippen molar-refractivity contribution in [2.24, 2.45) is 5.92 Å². The average molecular weight is 267 g/mol. The highest BCUT2D eigenvalue weighted by molar-refractivity contribution is 7.12. The molecule has 0 saturated heterocycles. The van der Waals surface area contributed by atoms with Crippen molar-refractivity contribution in [2.75, 3.05) is 6.54 Å². The first-order valence-electron chi connectivity index (χ1n) is 7.38. The number of hydrogen-bond donors (Lipinski definition) is 1. The molecule has 0 saturated carbocycles. The summed E-state index contributed by atoms with van der Waals surface area (Å²) in [6.45, 7) is 12.5. The van der Waals surface area contributed by atoms with Crippen LogP contribution in [0.25, 0.3) is 0 Å². The Morgan fingerprint density at radius 1 is 1.28 bits per heavy atom. The highest BCUT2D eigenvalue weighted by Crippen LogP contribution is 2.26. The van der Waals surface area contributed by atoms with Crippen molar-refractivity contribution >= 4 is 11.3 Å². The molecule has 18 heavy (non-hydrogen) atoms. The summed E-state index contributed by atoms with van der Waals surface area (Å²) in [5, 5.41) is 3.72. The molecule has 0 amide bonds. The molecule has 1 nitrogen and oxygen atoms in total. The second-order valence-corrected chi connectivity index (χ2v) is 6.88. The fourth-order valence-corrected chi connectivity index (χ4v) is 3.50. The van der Waals surface area contributed by atoms with Crippen LogP contribution >= 0.6 is 11.3 Å². The number of nitrogens with one attached hydrogen (secondary N) is 1. The molecule has 1 rings (SSSR count). The van der Waals surface area contributed by atoms with Crippen LogP contribution in [0.4, 0.5) is 0 Å².